The van der Waals surface area contributed by atoms with Crippen LogP contribution in [0.2, 0.25) is 0 Å². The highest BCUT2D eigenvalue weighted by molar-refractivity contribution is 5.97. The van der Waals surface area contributed by atoms with Crippen molar-refractivity contribution in [3.8, 4) is 11.5 Å². The van der Waals surface area contributed by atoms with Crippen LogP contribution < -0.4 is 10.5 Å². The van der Waals surface area contributed by atoms with Crippen molar-refractivity contribution in [1.29, 1.82) is 0 Å². The minimum Gasteiger partial charge on any atom is -0.456 e. The summed E-state index contributed by atoms with van der Waals surface area (Å²) in [6.45, 7) is 1.65. The van der Waals surface area contributed by atoms with Gasteiger partial charge in [-0.2, -0.15) is 0 Å². The number of ether oxygens (including phenoxy) is 1. The van der Waals surface area contributed by atoms with Crippen LogP contribution >= 0.6 is 0 Å². The summed E-state index contributed by atoms with van der Waals surface area (Å²) in [7, 11) is 3.31. The van der Waals surface area contributed by atoms with Gasteiger partial charge < -0.3 is 15.4 Å². The number of anilines is 1. The molecule has 2 aromatic rings. The summed E-state index contributed by atoms with van der Waals surface area (Å²) in [5.74, 6) is 0.301. The molecule has 5 heteroatoms. The summed E-state index contributed by atoms with van der Waals surface area (Å²) in [5.41, 5.74) is 7.10. The van der Waals surface area contributed by atoms with Crippen molar-refractivity contribution in [2.75, 3.05) is 19.8 Å². The lowest BCUT2D eigenvalue weighted by Crippen LogP contribution is -2.22. The largest absolute Gasteiger partial charge is 0.456 e. The van der Waals surface area contributed by atoms with Crippen molar-refractivity contribution >= 4 is 11.6 Å². The number of carbonyl (C=O) groups is 1. The molecule has 2 rings (SSSR count). The Morgan fingerprint density at radius 3 is 2.52 bits per heavy atom. The average molecular weight is 288 g/mol. The Morgan fingerprint density at radius 2 is 1.90 bits per heavy atom. The molecule has 0 saturated heterocycles. The first-order valence-corrected chi connectivity index (χ1v) is 6.43. The third-order valence-corrected chi connectivity index (χ3v) is 3.00. The molecular weight excluding hydrogens is 271 g/mol. The summed E-state index contributed by atoms with van der Waals surface area (Å²) >= 11 is 0. The highest BCUT2D eigenvalue weighted by Crippen LogP contribution is 2.29. The molecule has 21 heavy (non-hydrogen) atoms. The molecule has 0 aliphatic heterocycles. The topological polar surface area (TPSA) is 55.6 Å². The van der Waals surface area contributed by atoms with Crippen LogP contribution in [0.1, 0.15) is 15.9 Å². The molecule has 2 aromatic carbocycles. The van der Waals surface area contributed by atoms with Crippen molar-refractivity contribution < 1.29 is 13.9 Å². The number of carbonyl (C=O) groups excluding carboxylic acids is 1. The molecule has 0 spiro atoms. The first-order valence-electron chi connectivity index (χ1n) is 6.43. The van der Waals surface area contributed by atoms with Gasteiger partial charge in [-0.1, -0.05) is 0 Å². The molecule has 1 amide bonds. The number of amides is 1. The van der Waals surface area contributed by atoms with Crippen LogP contribution in [0.5, 0.6) is 11.5 Å². The number of aryl methyl sites for hydroxylation is 1. The van der Waals surface area contributed by atoms with Gasteiger partial charge >= 0.3 is 0 Å². The second kappa shape index (κ2) is 5.83. The van der Waals surface area contributed by atoms with Gasteiger partial charge in [0.2, 0.25) is 0 Å². The third-order valence-electron chi connectivity index (χ3n) is 3.00. The number of hydrogen-bond donors (Lipinski definition) is 1. The van der Waals surface area contributed by atoms with E-state index in [9.17, 15) is 9.18 Å². The average Bonchev–Trinajstić information content (AvgIpc) is 2.42. The lowest BCUT2D eigenvalue weighted by Gasteiger charge is -2.15. The van der Waals surface area contributed by atoms with Gasteiger partial charge in [-0.05, 0) is 42.8 Å². The number of hydrogen-bond acceptors (Lipinski definition) is 3. The van der Waals surface area contributed by atoms with Gasteiger partial charge in [0.25, 0.3) is 5.91 Å². The van der Waals surface area contributed by atoms with Gasteiger partial charge in [0.15, 0.2) is 0 Å². The maximum Gasteiger partial charge on any atom is 0.257 e. The molecule has 110 valence electrons. The predicted molar refractivity (Wildman–Crippen MR) is 80.1 cm³/mol. The van der Waals surface area contributed by atoms with Crippen LogP contribution in [0.4, 0.5) is 10.1 Å². The van der Waals surface area contributed by atoms with E-state index in [0.29, 0.717) is 28.3 Å². The van der Waals surface area contributed by atoms with Gasteiger partial charge in [0.05, 0.1) is 5.56 Å². The standard InChI is InChI=1S/C16H17FN2O2/c1-10-8-12(5-7-14(10)17)21-15-9-11(18)4-6-13(15)16(20)19(2)3/h4-9H,18H2,1-3H3. The maximum atomic E-state index is 13.3. The molecule has 0 saturated carbocycles. The van der Waals surface area contributed by atoms with E-state index in [1.165, 1.54) is 17.0 Å². The van der Waals surface area contributed by atoms with Crippen LogP contribution in [0.25, 0.3) is 0 Å². The van der Waals surface area contributed by atoms with Crippen LogP contribution in [-0.4, -0.2) is 24.9 Å². The molecule has 2 N–H and O–H groups in total. The first kappa shape index (κ1) is 14.8. The van der Waals surface area contributed by atoms with Crippen molar-refractivity contribution in [3.63, 3.8) is 0 Å². The van der Waals surface area contributed by atoms with Crippen LogP contribution in [0.15, 0.2) is 36.4 Å². The zero-order valence-corrected chi connectivity index (χ0v) is 12.2. The zero-order valence-electron chi connectivity index (χ0n) is 12.2. The second-order valence-corrected chi connectivity index (χ2v) is 4.97. The number of nitrogens with zero attached hydrogens (tertiary/aromatic N) is 1. The Balaban J connectivity index is 2.40. The maximum absolute atomic E-state index is 13.3. The number of nitrogen functional groups attached to an aromatic ring is 1. The fourth-order valence-electron chi connectivity index (χ4n) is 1.85. The highest BCUT2D eigenvalue weighted by atomic mass is 19.1. The lowest BCUT2D eigenvalue weighted by atomic mass is 10.1. The first-order chi connectivity index (χ1) is 9.88. The normalized spacial score (nSPS) is 10.3. The Kier molecular flexibility index (Phi) is 4.12. The van der Waals surface area contributed by atoms with E-state index in [-0.39, 0.29) is 11.7 Å². The summed E-state index contributed by atoms with van der Waals surface area (Å²) < 4.78 is 19.0. The summed E-state index contributed by atoms with van der Waals surface area (Å²) in [6.07, 6.45) is 0. The molecule has 4 nitrogen and oxygen atoms in total. The summed E-state index contributed by atoms with van der Waals surface area (Å²) in [4.78, 5) is 13.6. The Bertz CT molecular complexity index is 684. The molecule has 0 aliphatic carbocycles. The summed E-state index contributed by atoms with van der Waals surface area (Å²) in [6, 6.07) is 9.24. The van der Waals surface area contributed by atoms with Gasteiger partial charge in [0, 0.05) is 25.8 Å². The molecule has 0 fully saturated rings. The van der Waals surface area contributed by atoms with Crippen LogP contribution in [-0.2, 0) is 0 Å². The van der Waals surface area contributed by atoms with E-state index in [1.807, 2.05) is 0 Å². The smallest absolute Gasteiger partial charge is 0.257 e. The fraction of sp³-hybridized carbons (Fsp3) is 0.188. The third kappa shape index (κ3) is 3.31. The van der Waals surface area contributed by atoms with E-state index in [0.717, 1.165) is 0 Å². The SMILES string of the molecule is Cc1cc(Oc2cc(N)ccc2C(=O)N(C)C)ccc1F. The molecule has 0 aromatic heterocycles. The minimum atomic E-state index is -0.306. The monoisotopic (exact) mass is 288 g/mol. The number of benzene rings is 2. The molecule has 0 unspecified atom stereocenters. The van der Waals surface area contributed by atoms with Crippen molar-refractivity contribution in [1.82, 2.24) is 4.90 Å². The summed E-state index contributed by atoms with van der Waals surface area (Å²) in [5, 5.41) is 0. The Hall–Kier alpha value is -2.56. The second-order valence-electron chi connectivity index (χ2n) is 4.97. The molecule has 0 radical (unpaired) electrons. The van der Waals surface area contributed by atoms with Crippen LogP contribution in [0, 0.1) is 12.7 Å². The van der Waals surface area contributed by atoms with E-state index in [1.54, 1.807) is 45.3 Å². The zero-order chi connectivity index (χ0) is 15.6. The van der Waals surface area contributed by atoms with Crippen LogP contribution in [0.3, 0.4) is 0 Å². The lowest BCUT2D eigenvalue weighted by molar-refractivity contribution is 0.0825. The van der Waals surface area contributed by atoms with Crippen molar-refractivity contribution in [3.05, 3.63) is 53.3 Å². The number of nitrogens with two attached hydrogens (primary N) is 1. The highest BCUT2D eigenvalue weighted by Gasteiger charge is 2.15. The number of rotatable bonds is 3. The predicted octanol–water partition coefficient (Wildman–Crippen LogP) is 3.21. The van der Waals surface area contributed by atoms with E-state index in [2.05, 4.69) is 0 Å². The number of halogens is 1. The van der Waals surface area contributed by atoms with E-state index in [4.69, 9.17) is 10.5 Å². The van der Waals surface area contributed by atoms with Crippen molar-refractivity contribution in [2.45, 2.75) is 6.92 Å². The molecule has 0 bridgehead atoms. The van der Waals surface area contributed by atoms with E-state index < -0.39 is 0 Å². The van der Waals surface area contributed by atoms with E-state index >= 15 is 0 Å². The molecule has 0 aliphatic rings. The molecular formula is C16H17FN2O2. The van der Waals surface area contributed by atoms with Gasteiger partial charge in [-0.3, -0.25) is 4.79 Å². The Labute approximate surface area is 122 Å². The quantitative estimate of drug-likeness (QED) is 0.882. The van der Waals surface area contributed by atoms with Gasteiger partial charge in [-0.15, -0.1) is 0 Å². The van der Waals surface area contributed by atoms with Gasteiger partial charge in [0.1, 0.15) is 17.3 Å². The Morgan fingerprint density at radius 1 is 1.19 bits per heavy atom. The fourth-order valence-corrected chi connectivity index (χ4v) is 1.85. The minimum absolute atomic E-state index is 0.191. The van der Waals surface area contributed by atoms with Gasteiger partial charge in [-0.25, -0.2) is 4.39 Å². The molecule has 0 atom stereocenters. The molecule has 0 heterocycles. The van der Waals surface area contributed by atoms with Crippen molar-refractivity contribution in [2.24, 2.45) is 0 Å².